The van der Waals surface area contributed by atoms with Crippen LogP contribution in [0, 0.1) is 5.92 Å². The number of benzene rings is 2. The van der Waals surface area contributed by atoms with Crippen LogP contribution >= 0.6 is 0 Å². The number of rotatable bonds is 7. The average molecular weight is 391 g/mol. The van der Waals surface area contributed by atoms with Crippen molar-refractivity contribution >= 4 is 27.4 Å². The lowest BCUT2D eigenvalue weighted by Gasteiger charge is -2.12. The molecule has 144 valence electrons. The van der Waals surface area contributed by atoms with Gasteiger partial charge in [-0.3, -0.25) is 9.59 Å². The fraction of sp³-hybridized carbons (Fsp3) is 0.263. The molecule has 0 radical (unpaired) electrons. The number of amides is 1. The Bertz CT molecular complexity index is 951. The standard InChI is InChI=1S/C19H21NO6S/c1-12(19(22)23)10-13-4-6-14(7-5-13)20-18(21)16-11-15(27(3,24)25)8-9-17(16)26-2/h4-9,11-12H,10H2,1-3H3,(H,20,21)(H,22,23). The SMILES string of the molecule is COc1ccc(S(C)(=O)=O)cc1C(=O)Nc1ccc(CC(C)C(=O)O)cc1. The van der Waals surface area contributed by atoms with Gasteiger partial charge >= 0.3 is 5.97 Å². The number of methoxy groups -OCH3 is 1. The maximum absolute atomic E-state index is 12.6. The Morgan fingerprint density at radius 3 is 2.30 bits per heavy atom. The second-order valence-electron chi connectivity index (χ2n) is 6.23. The number of carbonyl (C=O) groups is 2. The Morgan fingerprint density at radius 1 is 1.15 bits per heavy atom. The van der Waals surface area contributed by atoms with Crippen molar-refractivity contribution in [2.24, 2.45) is 5.92 Å². The number of ether oxygens (including phenoxy) is 1. The number of carboxylic acid groups (broad SMARTS) is 1. The van der Waals surface area contributed by atoms with Crippen molar-refractivity contribution in [3.63, 3.8) is 0 Å². The van der Waals surface area contributed by atoms with E-state index >= 15 is 0 Å². The molecule has 2 aromatic carbocycles. The summed E-state index contributed by atoms with van der Waals surface area (Å²) in [6, 6.07) is 10.9. The fourth-order valence-corrected chi connectivity index (χ4v) is 3.11. The van der Waals surface area contributed by atoms with E-state index < -0.39 is 27.6 Å². The van der Waals surface area contributed by atoms with E-state index in [0.717, 1.165) is 11.8 Å². The van der Waals surface area contributed by atoms with Crippen molar-refractivity contribution in [2.45, 2.75) is 18.2 Å². The number of carbonyl (C=O) groups excluding carboxylic acids is 1. The van der Waals surface area contributed by atoms with Crippen molar-refractivity contribution in [2.75, 3.05) is 18.7 Å². The largest absolute Gasteiger partial charge is 0.496 e. The molecule has 1 unspecified atom stereocenters. The summed E-state index contributed by atoms with van der Waals surface area (Å²) in [6.07, 6.45) is 1.45. The first-order chi connectivity index (χ1) is 12.6. The molecule has 0 aliphatic carbocycles. The van der Waals surface area contributed by atoms with E-state index in [0.29, 0.717) is 12.1 Å². The number of hydrogen-bond donors (Lipinski definition) is 2. The molecular formula is C19H21NO6S. The third kappa shape index (κ3) is 5.30. The minimum absolute atomic E-state index is 0.0199. The maximum Gasteiger partial charge on any atom is 0.306 e. The predicted octanol–water partition coefficient (Wildman–Crippen LogP) is 2.61. The van der Waals surface area contributed by atoms with Gasteiger partial charge in [0, 0.05) is 11.9 Å². The van der Waals surface area contributed by atoms with Gasteiger partial charge in [-0.25, -0.2) is 8.42 Å². The zero-order chi connectivity index (χ0) is 20.2. The molecule has 2 rings (SSSR count). The van der Waals surface area contributed by atoms with Gasteiger partial charge in [-0.1, -0.05) is 19.1 Å². The molecule has 0 fully saturated rings. The van der Waals surface area contributed by atoms with Crippen molar-refractivity contribution in [1.29, 1.82) is 0 Å². The number of aliphatic carboxylic acids is 1. The molecule has 1 amide bonds. The van der Waals surface area contributed by atoms with E-state index in [2.05, 4.69) is 5.32 Å². The van der Waals surface area contributed by atoms with Crippen LogP contribution in [0.3, 0.4) is 0 Å². The highest BCUT2D eigenvalue weighted by atomic mass is 32.2. The van der Waals surface area contributed by atoms with Crippen LogP contribution < -0.4 is 10.1 Å². The Labute approximate surface area is 157 Å². The maximum atomic E-state index is 12.6. The number of nitrogens with one attached hydrogen (secondary N) is 1. The van der Waals surface area contributed by atoms with Gasteiger partial charge in [0.1, 0.15) is 5.75 Å². The van der Waals surface area contributed by atoms with Crippen molar-refractivity contribution in [3.8, 4) is 5.75 Å². The van der Waals surface area contributed by atoms with Crippen molar-refractivity contribution in [1.82, 2.24) is 0 Å². The fourth-order valence-electron chi connectivity index (χ4n) is 2.46. The molecule has 2 aromatic rings. The predicted molar refractivity (Wildman–Crippen MR) is 101 cm³/mol. The number of anilines is 1. The normalized spacial score (nSPS) is 12.3. The van der Waals surface area contributed by atoms with Crippen LogP contribution in [-0.4, -0.2) is 38.8 Å². The highest BCUT2D eigenvalue weighted by molar-refractivity contribution is 7.90. The first-order valence-corrected chi connectivity index (χ1v) is 10.0. The van der Waals surface area contributed by atoms with Crippen LogP contribution in [-0.2, 0) is 21.1 Å². The summed E-state index contributed by atoms with van der Waals surface area (Å²) in [4.78, 5) is 23.5. The van der Waals surface area contributed by atoms with Crippen molar-refractivity contribution in [3.05, 3.63) is 53.6 Å². The summed E-state index contributed by atoms with van der Waals surface area (Å²) < 4.78 is 28.6. The lowest BCUT2D eigenvalue weighted by atomic mass is 10.0. The van der Waals surface area contributed by atoms with Crippen LogP contribution in [0.2, 0.25) is 0 Å². The number of hydrogen-bond acceptors (Lipinski definition) is 5. The Kier molecular flexibility index (Phi) is 6.22. The molecule has 0 saturated heterocycles. The summed E-state index contributed by atoms with van der Waals surface area (Å²) in [6.45, 7) is 1.62. The Morgan fingerprint density at radius 2 is 1.78 bits per heavy atom. The van der Waals surface area contributed by atoms with Gasteiger partial charge < -0.3 is 15.2 Å². The van der Waals surface area contributed by atoms with E-state index in [1.54, 1.807) is 31.2 Å². The molecule has 2 N–H and O–H groups in total. The molecule has 0 saturated carbocycles. The molecule has 0 aliphatic rings. The van der Waals surface area contributed by atoms with Gasteiger partial charge in [-0.05, 0) is 42.3 Å². The number of carboxylic acids is 1. The average Bonchev–Trinajstić information content (AvgIpc) is 2.61. The quantitative estimate of drug-likeness (QED) is 0.751. The minimum Gasteiger partial charge on any atom is -0.496 e. The molecular weight excluding hydrogens is 370 g/mol. The van der Waals surface area contributed by atoms with Crippen LogP contribution in [0.15, 0.2) is 47.4 Å². The summed E-state index contributed by atoms with van der Waals surface area (Å²) >= 11 is 0. The highest BCUT2D eigenvalue weighted by Gasteiger charge is 2.17. The molecule has 0 aromatic heterocycles. The Hall–Kier alpha value is -2.87. The molecule has 0 spiro atoms. The second kappa shape index (κ2) is 8.22. The summed E-state index contributed by atoms with van der Waals surface area (Å²) in [5.41, 5.74) is 1.43. The van der Waals surface area contributed by atoms with Gasteiger partial charge in [0.2, 0.25) is 0 Å². The van der Waals surface area contributed by atoms with Crippen LogP contribution in [0.5, 0.6) is 5.75 Å². The molecule has 27 heavy (non-hydrogen) atoms. The highest BCUT2D eigenvalue weighted by Crippen LogP contribution is 2.24. The van der Waals surface area contributed by atoms with Crippen LogP contribution in [0.1, 0.15) is 22.8 Å². The number of sulfone groups is 1. The lowest BCUT2D eigenvalue weighted by molar-refractivity contribution is -0.141. The first-order valence-electron chi connectivity index (χ1n) is 8.13. The van der Waals surface area contributed by atoms with Gasteiger partial charge in [-0.15, -0.1) is 0 Å². The van der Waals surface area contributed by atoms with Gasteiger partial charge in [0.25, 0.3) is 5.91 Å². The third-order valence-corrected chi connectivity index (χ3v) is 5.13. The summed E-state index contributed by atoms with van der Waals surface area (Å²) in [5, 5.41) is 11.6. The van der Waals surface area contributed by atoms with Crippen LogP contribution in [0.25, 0.3) is 0 Å². The van der Waals surface area contributed by atoms with Gasteiger partial charge in [0.15, 0.2) is 9.84 Å². The second-order valence-corrected chi connectivity index (χ2v) is 8.24. The van der Waals surface area contributed by atoms with Gasteiger partial charge in [0.05, 0.1) is 23.5 Å². The van der Waals surface area contributed by atoms with E-state index in [-0.39, 0.29) is 16.2 Å². The Balaban J connectivity index is 2.21. The molecule has 7 nitrogen and oxygen atoms in total. The molecule has 8 heteroatoms. The molecule has 0 heterocycles. The smallest absolute Gasteiger partial charge is 0.306 e. The van der Waals surface area contributed by atoms with E-state index in [1.165, 1.54) is 25.3 Å². The van der Waals surface area contributed by atoms with Gasteiger partial charge in [-0.2, -0.15) is 0 Å². The lowest BCUT2D eigenvalue weighted by Crippen LogP contribution is -2.14. The van der Waals surface area contributed by atoms with E-state index in [9.17, 15) is 18.0 Å². The first kappa shape index (κ1) is 20.4. The van der Waals surface area contributed by atoms with E-state index in [1.807, 2.05) is 0 Å². The molecule has 1 atom stereocenters. The summed E-state index contributed by atoms with van der Waals surface area (Å²) in [7, 11) is -2.07. The van der Waals surface area contributed by atoms with Crippen molar-refractivity contribution < 1.29 is 27.9 Å². The third-order valence-electron chi connectivity index (χ3n) is 4.02. The monoisotopic (exact) mass is 391 g/mol. The summed E-state index contributed by atoms with van der Waals surface area (Å²) in [5.74, 6) is -1.63. The topological polar surface area (TPSA) is 110 Å². The zero-order valence-electron chi connectivity index (χ0n) is 15.2. The minimum atomic E-state index is -3.46. The molecule has 0 aliphatic heterocycles. The van der Waals surface area contributed by atoms with Crippen LogP contribution in [0.4, 0.5) is 5.69 Å². The molecule has 0 bridgehead atoms. The zero-order valence-corrected chi connectivity index (χ0v) is 16.0. The van der Waals surface area contributed by atoms with E-state index in [4.69, 9.17) is 9.84 Å².